The molecule has 2 aliphatic rings. The van der Waals surface area contributed by atoms with E-state index in [1.54, 1.807) is 4.31 Å². The van der Waals surface area contributed by atoms with Gasteiger partial charge in [-0.1, -0.05) is 6.42 Å². The van der Waals surface area contributed by atoms with Gasteiger partial charge in [0.2, 0.25) is 0 Å². The standard InChI is InChI=1S/C10H21N3O2S.ClH/c11-10(5-4-6-10)9-12-16(14,15)13-7-2-1-3-8-13;/h12H,1-9,11H2;1H. The van der Waals surface area contributed by atoms with Crippen LogP contribution in [0.25, 0.3) is 0 Å². The molecule has 1 aliphatic carbocycles. The fourth-order valence-electron chi connectivity index (χ4n) is 2.24. The number of rotatable bonds is 4. The Morgan fingerprint density at radius 3 is 2.18 bits per heavy atom. The number of nitrogens with two attached hydrogens (primary N) is 1. The first-order valence-corrected chi connectivity index (χ1v) is 7.50. The molecular weight excluding hydrogens is 262 g/mol. The minimum Gasteiger partial charge on any atom is -0.324 e. The van der Waals surface area contributed by atoms with Gasteiger partial charge in [-0.05, 0) is 32.1 Å². The highest BCUT2D eigenvalue weighted by Gasteiger charge is 2.34. The molecule has 0 aromatic heterocycles. The first-order valence-electron chi connectivity index (χ1n) is 6.06. The molecule has 1 saturated heterocycles. The summed E-state index contributed by atoms with van der Waals surface area (Å²) in [7, 11) is -3.29. The molecule has 0 aromatic rings. The lowest BCUT2D eigenvalue weighted by atomic mass is 9.78. The van der Waals surface area contributed by atoms with Gasteiger partial charge in [0.15, 0.2) is 0 Å². The van der Waals surface area contributed by atoms with E-state index in [4.69, 9.17) is 5.73 Å². The Morgan fingerprint density at radius 2 is 1.71 bits per heavy atom. The summed E-state index contributed by atoms with van der Waals surface area (Å²) in [5, 5.41) is 0. The van der Waals surface area contributed by atoms with Gasteiger partial charge in [0.05, 0.1) is 0 Å². The van der Waals surface area contributed by atoms with Crippen LogP contribution in [0.1, 0.15) is 38.5 Å². The molecule has 0 amide bonds. The Bertz CT molecular complexity index is 337. The van der Waals surface area contributed by atoms with Crippen molar-refractivity contribution in [2.24, 2.45) is 5.73 Å². The average molecular weight is 284 g/mol. The van der Waals surface area contributed by atoms with E-state index in [0.717, 1.165) is 38.5 Å². The van der Waals surface area contributed by atoms with Gasteiger partial charge in [0, 0.05) is 25.2 Å². The SMILES string of the molecule is Cl.NC1(CNS(=O)(=O)N2CCCCC2)CCC1. The zero-order chi connectivity index (χ0) is 11.6. The molecular formula is C10H22ClN3O2S. The van der Waals surface area contributed by atoms with Crippen molar-refractivity contribution < 1.29 is 8.42 Å². The third kappa shape index (κ3) is 3.79. The molecule has 3 N–H and O–H groups in total. The number of halogens is 1. The van der Waals surface area contributed by atoms with Crippen molar-refractivity contribution in [1.29, 1.82) is 0 Å². The highest BCUT2D eigenvalue weighted by molar-refractivity contribution is 7.87. The van der Waals surface area contributed by atoms with Crippen molar-refractivity contribution in [1.82, 2.24) is 9.03 Å². The summed E-state index contributed by atoms with van der Waals surface area (Å²) in [5.41, 5.74) is 5.71. The lowest BCUT2D eigenvalue weighted by molar-refractivity contribution is 0.247. The summed E-state index contributed by atoms with van der Waals surface area (Å²) in [4.78, 5) is 0. The molecule has 7 heteroatoms. The second-order valence-corrected chi connectivity index (χ2v) is 6.76. The van der Waals surface area contributed by atoms with Gasteiger partial charge in [-0.15, -0.1) is 12.4 Å². The first kappa shape index (κ1) is 15.2. The molecule has 1 aliphatic heterocycles. The predicted molar refractivity (Wildman–Crippen MR) is 70.4 cm³/mol. The maximum Gasteiger partial charge on any atom is 0.279 e. The third-order valence-electron chi connectivity index (χ3n) is 3.61. The third-order valence-corrected chi connectivity index (χ3v) is 5.17. The monoisotopic (exact) mass is 283 g/mol. The maximum absolute atomic E-state index is 11.9. The van der Waals surface area contributed by atoms with Crippen molar-refractivity contribution >= 4 is 22.6 Å². The van der Waals surface area contributed by atoms with Gasteiger partial charge in [0.25, 0.3) is 10.2 Å². The van der Waals surface area contributed by atoms with Crippen LogP contribution in [0, 0.1) is 0 Å². The summed E-state index contributed by atoms with van der Waals surface area (Å²) in [5.74, 6) is 0. The zero-order valence-corrected chi connectivity index (χ0v) is 11.7. The van der Waals surface area contributed by atoms with E-state index in [1.807, 2.05) is 0 Å². The van der Waals surface area contributed by atoms with Crippen molar-refractivity contribution in [3.8, 4) is 0 Å². The zero-order valence-electron chi connectivity index (χ0n) is 10.0. The second-order valence-electron chi connectivity index (χ2n) is 5.00. The van der Waals surface area contributed by atoms with Crippen LogP contribution in [0.3, 0.4) is 0 Å². The Labute approximate surface area is 110 Å². The first-order chi connectivity index (χ1) is 7.52. The summed E-state index contributed by atoms with van der Waals surface area (Å²) in [6, 6.07) is 0. The molecule has 5 nitrogen and oxygen atoms in total. The van der Waals surface area contributed by atoms with Gasteiger partial charge in [-0.25, -0.2) is 4.72 Å². The fraction of sp³-hybridized carbons (Fsp3) is 1.00. The van der Waals surface area contributed by atoms with Crippen LogP contribution < -0.4 is 10.5 Å². The van der Waals surface area contributed by atoms with Crippen LogP contribution in [0.2, 0.25) is 0 Å². The minimum atomic E-state index is -3.29. The largest absolute Gasteiger partial charge is 0.324 e. The number of piperidine rings is 1. The quantitative estimate of drug-likeness (QED) is 0.794. The number of nitrogens with one attached hydrogen (secondary N) is 1. The lowest BCUT2D eigenvalue weighted by Gasteiger charge is -2.38. The summed E-state index contributed by atoms with van der Waals surface area (Å²) in [6.45, 7) is 1.67. The van der Waals surface area contributed by atoms with Gasteiger partial charge in [-0.3, -0.25) is 0 Å². The molecule has 0 aromatic carbocycles. The van der Waals surface area contributed by atoms with Gasteiger partial charge < -0.3 is 5.73 Å². The molecule has 17 heavy (non-hydrogen) atoms. The van der Waals surface area contributed by atoms with E-state index in [0.29, 0.717) is 19.6 Å². The van der Waals surface area contributed by atoms with Crippen LogP contribution in [0.4, 0.5) is 0 Å². The van der Waals surface area contributed by atoms with Gasteiger partial charge in [-0.2, -0.15) is 12.7 Å². The Morgan fingerprint density at radius 1 is 1.12 bits per heavy atom. The molecule has 1 heterocycles. The number of hydrogen-bond donors (Lipinski definition) is 2. The summed E-state index contributed by atoms with van der Waals surface area (Å²) < 4.78 is 28.0. The smallest absolute Gasteiger partial charge is 0.279 e. The van der Waals surface area contributed by atoms with Crippen LogP contribution in [-0.4, -0.2) is 37.9 Å². The second kappa shape index (κ2) is 5.84. The van der Waals surface area contributed by atoms with E-state index in [2.05, 4.69) is 4.72 Å². The summed E-state index contributed by atoms with van der Waals surface area (Å²) >= 11 is 0. The maximum atomic E-state index is 11.9. The molecule has 2 fully saturated rings. The van der Waals surface area contributed by atoms with E-state index >= 15 is 0 Å². The molecule has 1 saturated carbocycles. The van der Waals surface area contributed by atoms with Gasteiger partial charge >= 0.3 is 0 Å². The Kier molecular flexibility index (Phi) is 5.21. The van der Waals surface area contributed by atoms with Crippen molar-refractivity contribution in [3.05, 3.63) is 0 Å². The van der Waals surface area contributed by atoms with Crippen molar-refractivity contribution in [3.63, 3.8) is 0 Å². The van der Waals surface area contributed by atoms with E-state index in [-0.39, 0.29) is 17.9 Å². The fourth-order valence-corrected chi connectivity index (χ4v) is 3.63. The number of nitrogens with zero attached hydrogens (tertiary/aromatic N) is 1. The molecule has 0 unspecified atom stereocenters. The number of hydrogen-bond acceptors (Lipinski definition) is 3. The molecule has 102 valence electrons. The van der Waals surface area contributed by atoms with Crippen molar-refractivity contribution in [2.75, 3.05) is 19.6 Å². The molecule has 2 rings (SSSR count). The van der Waals surface area contributed by atoms with E-state index in [9.17, 15) is 8.42 Å². The Hall–Kier alpha value is 0.120. The van der Waals surface area contributed by atoms with Crippen LogP contribution in [-0.2, 0) is 10.2 Å². The molecule has 0 spiro atoms. The van der Waals surface area contributed by atoms with Crippen molar-refractivity contribution in [2.45, 2.75) is 44.1 Å². The minimum absolute atomic E-state index is 0. The predicted octanol–water partition coefficient (Wildman–Crippen LogP) is 0.610. The lowest BCUT2D eigenvalue weighted by Crippen LogP contribution is -2.57. The Balaban J connectivity index is 0.00000144. The average Bonchev–Trinajstić information content (AvgIpc) is 2.25. The van der Waals surface area contributed by atoms with Crippen LogP contribution in [0.15, 0.2) is 0 Å². The normalized spacial score (nSPS) is 24.8. The van der Waals surface area contributed by atoms with E-state index in [1.165, 1.54) is 0 Å². The highest BCUT2D eigenvalue weighted by Crippen LogP contribution is 2.28. The topological polar surface area (TPSA) is 75.4 Å². The molecule has 0 radical (unpaired) electrons. The molecule has 0 bridgehead atoms. The highest BCUT2D eigenvalue weighted by atomic mass is 35.5. The van der Waals surface area contributed by atoms with Crippen LogP contribution in [0.5, 0.6) is 0 Å². The van der Waals surface area contributed by atoms with Crippen LogP contribution >= 0.6 is 12.4 Å². The van der Waals surface area contributed by atoms with Gasteiger partial charge in [0.1, 0.15) is 0 Å². The molecule has 0 atom stereocenters. The summed E-state index contributed by atoms with van der Waals surface area (Å²) in [6.07, 6.45) is 6.03. The van der Waals surface area contributed by atoms with E-state index < -0.39 is 10.2 Å².